The van der Waals surface area contributed by atoms with Gasteiger partial charge in [-0.15, -0.1) is 0 Å². The van der Waals surface area contributed by atoms with Crippen LogP contribution in [-0.4, -0.2) is 12.0 Å². The van der Waals surface area contributed by atoms with Crippen molar-refractivity contribution in [1.82, 2.24) is 4.98 Å². The molecule has 0 amide bonds. The Labute approximate surface area is 105 Å². The molecule has 0 atom stereocenters. The zero-order chi connectivity index (χ0) is 13.3. The van der Waals surface area contributed by atoms with Crippen LogP contribution >= 0.6 is 0 Å². The van der Waals surface area contributed by atoms with Gasteiger partial charge in [0.15, 0.2) is 0 Å². The number of nitrogens with zero attached hydrogens (tertiary/aromatic N) is 1. The molecule has 17 heavy (non-hydrogen) atoms. The third-order valence-corrected chi connectivity index (χ3v) is 2.26. The van der Waals surface area contributed by atoms with Crippen molar-refractivity contribution in [1.29, 1.82) is 0 Å². The van der Waals surface area contributed by atoms with Gasteiger partial charge in [-0.2, -0.15) is 0 Å². The summed E-state index contributed by atoms with van der Waals surface area (Å²) < 4.78 is 0. The van der Waals surface area contributed by atoms with Crippen molar-refractivity contribution >= 4 is 16.6 Å². The highest BCUT2D eigenvalue weighted by molar-refractivity contribution is 5.92. The molecule has 1 N–H and O–H groups in total. The average molecular weight is 232 g/mol. The van der Waals surface area contributed by atoms with Gasteiger partial charge in [-0.05, 0) is 24.6 Å². The van der Waals surface area contributed by atoms with Gasteiger partial charge in [0, 0.05) is 18.6 Å². The van der Waals surface area contributed by atoms with Gasteiger partial charge in [-0.3, -0.25) is 4.98 Å². The van der Waals surface area contributed by atoms with E-state index in [1.54, 1.807) is 0 Å². The molecule has 0 saturated carbocycles. The molecule has 2 aromatic rings. The quantitative estimate of drug-likeness (QED) is 0.775. The zero-order valence-electron chi connectivity index (χ0n) is 11.8. The second-order valence-corrected chi connectivity index (χ2v) is 3.08. The van der Waals surface area contributed by atoms with Gasteiger partial charge in [-0.25, -0.2) is 0 Å². The van der Waals surface area contributed by atoms with Crippen molar-refractivity contribution in [2.24, 2.45) is 0 Å². The number of aromatic nitrogens is 1. The van der Waals surface area contributed by atoms with E-state index in [-0.39, 0.29) is 0 Å². The Kier molecular flexibility index (Phi) is 7.78. The van der Waals surface area contributed by atoms with Crippen molar-refractivity contribution < 1.29 is 0 Å². The van der Waals surface area contributed by atoms with Crippen molar-refractivity contribution in [2.45, 2.75) is 34.6 Å². The molecule has 0 aliphatic carbocycles. The van der Waals surface area contributed by atoms with Crippen LogP contribution in [0.4, 0.5) is 5.69 Å². The number of anilines is 1. The number of fused-ring (bicyclic) bond motifs is 1. The van der Waals surface area contributed by atoms with Crippen molar-refractivity contribution in [3.8, 4) is 0 Å². The minimum Gasteiger partial charge on any atom is -0.386 e. The first-order valence-electron chi connectivity index (χ1n) is 6.35. The topological polar surface area (TPSA) is 24.9 Å². The van der Waals surface area contributed by atoms with Gasteiger partial charge in [0.1, 0.15) is 0 Å². The maximum absolute atomic E-state index is 4.35. The van der Waals surface area contributed by atoms with Gasteiger partial charge < -0.3 is 5.32 Å². The number of pyridine rings is 1. The Morgan fingerprint density at radius 3 is 2.24 bits per heavy atom. The summed E-state index contributed by atoms with van der Waals surface area (Å²) in [6, 6.07) is 8.23. The second-order valence-electron chi connectivity index (χ2n) is 3.08. The lowest BCUT2D eigenvalue weighted by molar-refractivity contribution is 1.37. The van der Waals surface area contributed by atoms with Crippen molar-refractivity contribution in [2.75, 3.05) is 12.4 Å². The lowest BCUT2D eigenvalue weighted by Crippen LogP contribution is -1.92. The van der Waals surface area contributed by atoms with Crippen molar-refractivity contribution in [3.63, 3.8) is 0 Å². The van der Waals surface area contributed by atoms with E-state index in [1.165, 1.54) is 10.9 Å². The number of aryl methyl sites for hydroxylation is 1. The molecule has 0 bridgehead atoms. The first-order chi connectivity index (χ1) is 8.33. The van der Waals surface area contributed by atoms with E-state index < -0.39 is 0 Å². The van der Waals surface area contributed by atoms with E-state index in [9.17, 15) is 0 Å². The summed E-state index contributed by atoms with van der Waals surface area (Å²) >= 11 is 0. The van der Waals surface area contributed by atoms with Crippen LogP contribution in [0.2, 0.25) is 0 Å². The number of hydrogen-bond donors (Lipinski definition) is 1. The zero-order valence-corrected chi connectivity index (χ0v) is 11.8. The SMILES string of the molecule is CC.CC.CNc1ccc(C)c2cccnc12. The van der Waals surface area contributed by atoms with Gasteiger partial charge in [0.05, 0.1) is 11.2 Å². The fraction of sp³-hybridized carbons (Fsp3) is 0.400. The second kappa shape index (κ2) is 8.57. The highest BCUT2D eigenvalue weighted by atomic mass is 14.8. The predicted octanol–water partition coefficient (Wildman–Crippen LogP) is 4.64. The van der Waals surface area contributed by atoms with Crippen LogP contribution in [0, 0.1) is 6.92 Å². The lowest BCUT2D eigenvalue weighted by Gasteiger charge is -2.06. The Hall–Kier alpha value is -1.57. The van der Waals surface area contributed by atoms with Crippen LogP contribution in [0.3, 0.4) is 0 Å². The number of nitrogens with one attached hydrogen (secondary N) is 1. The van der Waals surface area contributed by atoms with Crippen LogP contribution in [0.1, 0.15) is 33.3 Å². The van der Waals surface area contributed by atoms with E-state index in [4.69, 9.17) is 0 Å². The molecule has 2 nitrogen and oxygen atoms in total. The molecule has 0 aliphatic rings. The molecular weight excluding hydrogens is 208 g/mol. The summed E-state index contributed by atoms with van der Waals surface area (Å²) in [6.45, 7) is 10.1. The van der Waals surface area contributed by atoms with Crippen LogP contribution in [0.25, 0.3) is 10.9 Å². The monoisotopic (exact) mass is 232 g/mol. The first kappa shape index (κ1) is 15.4. The molecule has 1 aromatic heterocycles. The van der Waals surface area contributed by atoms with E-state index in [0.717, 1.165) is 11.2 Å². The fourth-order valence-corrected chi connectivity index (χ4v) is 1.52. The summed E-state index contributed by atoms with van der Waals surface area (Å²) in [5, 5.41) is 4.35. The van der Waals surface area contributed by atoms with Crippen LogP contribution in [-0.2, 0) is 0 Å². The molecule has 0 radical (unpaired) electrons. The summed E-state index contributed by atoms with van der Waals surface area (Å²) in [6.07, 6.45) is 1.82. The Balaban J connectivity index is 0.000000581. The number of benzene rings is 1. The largest absolute Gasteiger partial charge is 0.386 e. The Bertz CT molecular complexity index is 436. The van der Waals surface area contributed by atoms with Crippen LogP contribution in [0.15, 0.2) is 30.5 Å². The molecule has 2 heteroatoms. The van der Waals surface area contributed by atoms with Gasteiger partial charge in [0.2, 0.25) is 0 Å². The number of rotatable bonds is 1. The third-order valence-electron chi connectivity index (χ3n) is 2.26. The first-order valence-corrected chi connectivity index (χ1v) is 6.35. The lowest BCUT2D eigenvalue weighted by atomic mass is 10.1. The van der Waals surface area contributed by atoms with Gasteiger partial charge in [-0.1, -0.05) is 39.8 Å². The molecule has 0 aliphatic heterocycles. The molecule has 1 heterocycles. The molecule has 0 spiro atoms. The smallest absolute Gasteiger partial charge is 0.0935 e. The van der Waals surface area contributed by atoms with Gasteiger partial charge in [0.25, 0.3) is 0 Å². The van der Waals surface area contributed by atoms with Crippen LogP contribution in [0.5, 0.6) is 0 Å². The normalized spacial score (nSPS) is 8.59. The Morgan fingerprint density at radius 2 is 1.65 bits per heavy atom. The Morgan fingerprint density at radius 1 is 1.00 bits per heavy atom. The minimum absolute atomic E-state index is 1.05. The summed E-state index contributed by atoms with van der Waals surface area (Å²) in [7, 11) is 1.92. The average Bonchev–Trinajstić information content (AvgIpc) is 2.44. The molecule has 0 unspecified atom stereocenters. The standard InChI is InChI=1S/C11H12N2.2C2H6/c1-8-5-6-10(12-2)11-9(8)4-3-7-13-11;2*1-2/h3-7,12H,1-2H3;2*1-2H3. The minimum atomic E-state index is 1.05. The molecule has 2 rings (SSSR count). The van der Waals surface area contributed by atoms with Crippen molar-refractivity contribution in [3.05, 3.63) is 36.0 Å². The van der Waals surface area contributed by atoms with E-state index in [0.29, 0.717) is 0 Å². The van der Waals surface area contributed by atoms with E-state index in [1.807, 2.05) is 47.0 Å². The van der Waals surface area contributed by atoms with Crippen LogP contribution < -0.4 is 5.32 Å². The fourth-order valence-electron chi connectivity index (χ4n) is 1.52. The highest BCUT2D eigenvalue weighted by Gasteiger charge is 2.01. The highest BCUT2D eigenvalue weighted by Crippen LogP contribution is 2.23. The molecule has 0 fully saturated rings. The van der Waals surface area contributed by atoms with Gasteiger partial charge >= 0.3 is 0 Å². The molecule has 1 aromatic carbocycles. The number of hydrogen-bond acceptors (Lipinski definition) is 2. The summed E-state index contributed by atoms with van der Waals surface area (Å²) in [5.74, 6) is 0. The maximum Gasteiger partial charge on any atom is 0.0935 e. The molecule has 0 saturated heterocycles. The predicted molar refractivity (Wildman–Crippen MR) is 78.7 cm³/mol. The van der Waals surface area contributed by atoms with E-state index >= 15 is 0 Å². The molecule has 94 valence electrons. The molecular formula is C15H24N2. The third kappa shape index (κ3) is 3.74. The van der Waals surface area contributed by atoms with E-state index in [2.05, 4.69) is 35.4 Å². The summed E-state index contributed by atoms with van der Waals surface area (Å²) in [4.78, 5) is 4.35. The maximum atomic E-state index is 4.35. The summed E-state index contributed by atoms with van der Waals surface area (Å²) in [5.41, 5.74) is 3.40.